The van der Waals surface area contributed by atoms with E-state index >= 15 is 0 Å². The Morgan fingerprint density at radius 1 is 1.32 bits per heavy atom. The summed E-state index contributed by atoms with van der Waals surface area (Å²) in [6.45, 7) is 3.88. The fraction of sp³-hybridized carbons (Fsp3) is 0.467. The van der Waals surface area contributed by atoms with Crippen LogP contribution in [-0.2, 0) is 10.0 Å². The molecule has 0 spiro atoms. The van der Waals surface area contributed by atoms with E-state index in [1.54, 1.807) is 0 Å². The lowest BCUT2D eigenvalue weighted by molar-refractivity contribution is 0.263. The number of terminal acetylenes is 1. The fourth-order valence-electron chi connectivity index (χ4n) is 2.46. The molecule has 0 atom stereocenters. The lowest BCUT2D eigenvalue weighted by atomic mass is 10.2. The van der Waals surface area contributed by atoms with Gasteiger partial charge in [0.2, 0.25) is 10.0 Å². The molecule has 1 aliphatic rings. The molecule has 0 radical (unpaired) electrons. The van der Waals surface area contributed by atoms with Gasteiger partial charge in [-0.3, -0.25) is 4.90 Å². The normalized spacial score (nSPS) is 16.5. The third-order valence-corrected chi connectivity index (χ3v) is 5.20. The molecule has 120 valence electrons. The molecule has 1 aromatic carbocycles. The van der Waals surface area contributed by atoms with E-state index in [2.05, 4.69) is 15.5 Å². The van der Waals surface area contributed by atoms with E-state index in [4.69, 9.17) is 6.42 Å². The van der Waals surface area contributed by atoms with E-state index in [1.807, 2.05) is 4.90 Å². The Bertz CT molecular complexity index is 662. The molecule has 1 saturated heterocycles. The van der Waals surface area contributed by atoms with Gasteiger partial charge in [-0.15, -0.1) is 12.3 Å². The van der Waals surface area contributed by atoms with Crippen LogP contribution in [0.1, 0.15) is 6.42 Å². The highest BCUT2D eigenvalue weighted by Crippen LogP contribution is 2.23. The summed E-state index contributed by atoms with van der Waals surface area (Å²) in [7, 11) is -2.32. The predicted octanol–water partition coefficient (Wildman–Crippen LogP) is 0.879. The second-order valence-corrected chi connectivity index (χ2v) is 6.99. The molecular weight excluding hydrogens is 305 g/mol. The number of anilines is 1. The maximum Gasteiger partial charge on any atom is 0.240 e. The topological polar surface area (TPSA) is 52.7 Å². The zero-order valence-electron chi connectivity index (χ0n) is 12.5. The van der Waals surface area contributed by atoms with Crippen LogP contribution in [0.3, 0.4) is 0 Å². The third kappa shape index (κ3) is 3.77. The van der Waals surface area contributed by atoms with Gasteiger partial charge in [0, 0.05) is 39.1 Å². The van der Waals surface area contributed by atoms with E-state index in [0.29, 0.717) is 25.2 Å². The van der Waals surface area contributed by atoms with Crippen molar-refractivity contribution in [3.05, 3.63) is 24.0 Å². The summed E-state index contributed by atoms with van der Waals surface area (Å²) in [5, 5.41) is 0. The van der Waals surface area contributed by atoms with Gasteiger partial charge >= 0.3 is 0 Å². The molecule has 0 amide bonds. The molecule has 1 aliphatic heterocycles. The number of sulfonamides is 1. The summed E-state index contributed by atoms with van der Waals surface area (Å²) in [4.78, 5) is 4.11. The van der Waals surface area contributed by atoms with Crippen molar-refractivity contribution < 1.29 is 12.8 Å². The number of piperazine rings is 1. The molecule has 0 aromatic heterocycles. The second-order valence-electron chi connectivity index (χ2n) is 5.10. The predicted molar refractivity (Wildman–Crippen MR) is 84.7 cm³/mol. The summed E-state index contributed by atoms with van der Waals surface area (Å²) < 4.78 is 39.7. The molecule has 2 rings (SSSR count). The maximum absolute atomic E-state index is 14.2. The molecular formula is C15H20FN3O2S. The largest absolute Gasteiger partial charge is 0.367 e. The Morgan fingerprint density at radius 3 is 2.55 bits per heavy atom. The van der Waals surface area contributed by atoms with Gasteiger partial charge in [0.25, 0.3) is 0 Å². The fourth-order valence-corrected chi connectivity index (χ4v) is 3.21. The number of halogens is 1. The smallest absolute Gasteiger partial charge is 0.240 e. The molecule has 1 heterocycles. The quantitative estimate of drug-likeness (QED) is 0.817. The highest BCUT2D eigenvalue weighted by atomic mass is 32.2. The van der Waals surface area contributed by atoms with Crippen molar-refractivity contribution in [1.82, 2.24) is 9.62 Å². The Kier molecular flexibility index (Phi) is 5.40. The van der Waals surface area contributed by atoms with Crippen LogP contribution in [0.25, 0.3) is 0 Å². The van der Waals surface area contributed by atoms with E-state index in [0.717, 1.165) is 25.7 Å². The molecule has 7 heteroatoms. The van der Waals surface area contributed by atoms with Gasteiger partial charge in [0.15, 0.2) is 0 Å². The van der Waals surface area contributed by atoms with Gasteiger partial charge in [-0.1, -0.05) is 0 Å². The van der Waals surface area contributed by atoms with Crippen molar-refractivity contribution in [2.45, 2.75) is 11.3 Å². The Morgan fingerprint density at radius 2 is 2.00 bits per heavy atom. The zero-order valence-corrected chi connectivity index (χ0v) is 13.4. The minimum Gasteiger partial charge on any atom is -0.367 e. The minimum atomic E-state index is -3.62. The van der Waals surface area contributed by atoms with Crippen LogP contribution in [-0.4, -0.2) is 53.1 Å². The van der Waals surface area contributed by atoms with Gasteiger partial charge < -0.3 is 4.90 Å². The number of hydrogen-bond acceptors (Lipinski definition) is 4. The van der Waals surface area contributed by atoms with Crippen LogP contribution >= 0.6 is 0 Å². The molecule has 1 N–H and O–H groups in total. The van der Waals surface area contributed by atoms with Crippen molar-refractivity contribution >= 4 is 15.7 Å². The van der Waals surface area contributed by atoms with Crippen LogP contribution in [0.5, 0.6) is 0 Å². The first-order chi connectivity index (χ1) is 10.5. The maximum atomic E-state index is 14.2. The van der Waals surface area contributed by atoms with E-state index in [-0.39, 0.29) is 4.90 Å². The average molecular weight is 325 g/mol. The molecule has 1 fully saturated rings. The van der Waals surface area contributed by atoms with Crippen LogP contribution in [0.2, 0.25) is 0 Å². The lowest BCUT2D eigenvalue weighted by Gasteiger charge is -2.36. The zero-order chi connectivity index (χ0) is 16.2. The number of benzene rings is 1. The molecule has 0 bridgehead atoms. The van der Waals surface area contributed by atoms with Crippen LogP contribution in [0.15, 0.2) is 23.1 Å². The van der Waals surface area contributed by atoms with Gasteiger partial charge in [-0.05, 0) is 25.2 Å². The first-order valence-electron chi connectivity index (χ1n) is 7.12. The van der Waals surface area contributed by atoms with Crippen molar-refractivity contribution in [2.24, 2.45) is 0 Å². The summed E-state index contributed by atoms with van der Waals surface area (Å²) in [6.07, 6.45) is 5.97. The summed E-state index contributed by atoms with van der Waals surface area (Å²) in [5.41, 5.74) is 0.437. The van der Waals surface area contributed by atoms with Crippen LogP contribution in [0, 0.1) is 18.2 Å². The van der Waals surface area contributed by atoms with Gasteiger partial charge in [0.1, 0.15) is 5.82 Å². The second kappa shape index (κ2) is 7.09. The van der Waals surface area contributed by atoms with E-state index in [1.165, 1.54) is 19.2 Å². The van der Waals surface area contributed by atoms with Gasteiger partial charge in [0.05, 0.1) is 10.6 Å². The number of hydrogen-bond donors (Lipinski definition) is 1. The molecule has 5 nitrogen and oxygen atoms in total. The first-order valence-corrected chi connectivity index (χ1v) is 8.60. The summed E-state index contributed by atoms with van der Waals surface area (Å²) in [6, 6.07) is 4.01. The lowest BCUT2D eigenvalue weighted by Crippen LogP contribution is -2.46. The monoisotopic (exact) mass is 325 g/mol. The summed E-state index contributed by atoms with van der Waals surface area (Å²) >= 11 is 0. The third-order valence-electron chi connectivity index (χ3n) is 3.78. The molecule has 0 saturated carbocycles. The number of nitrogens with zero attached hydrogens (tertiary/aromatic N) is 2. The molecule has 0 unspecified atom stereocenters. The van der Waals surface area contributed by atoms with Crippen molar-refractivity contribution in [1.29, 1.82) is 0 Å². The van der Waals surface area contributed by atoms with Crippen LogP contribution < -0.4 is 9.62 Å². The molecule has 1 aromatic rings. The highest BCUT2D eigenvalue weighted by molar-refractivity contribution is 7.89. The van der Waals surface area contributed by atoms with Gasteiger partial charge in [-0.2, -0.15) is 0 Å². The standard InChI is InChI=1S/C15H20FN3O2S/c1-3-4-7-18-8-10-19(11-9-18)15-6-5-13(12-14(15)16)22(20,21)17-2/h1,5-6,12,17H,4,7-11H2,2H3. The van der Waals surface area contributed by atoms with E-state index in [9.17, 15) is 12.8 Å². The summed E-state index contributed by atoms with van der Waals surface area (Å²) in [5.74, 6) is 2.09. The Hall–Kier alpha value is -1.62. The van der Waals surface area contributed by atoms with Crippen molar-refractivity contribution in [3.63, 3.8) is 0 Å². The number of nitrogens with one attached hydrogen (secondary N) is 1. The van der Waals surface area contributed by atoms with Crippen molar-refractivity contribution in [3.8, 4) is 12.3 Å². The Labute approximate surface area is 131 Å². The van der Waals surface area contributed by atoms with E-state index < -0.39 is 15.8 Å². The number of rotatable bonds is 5. The average Bonchev–Trinajstić information content (AvgIpc) is 2.53. The van der Waals surface area contributed by atoms with Crippen LogP contribution in [0.4, 0.5) is 10.1 Å². The molecule has 22 heavy (non-hydrogen) atoms. The molecule has 0 aliphatic carbocycles. The van der Waals surface area contributed by atoms with Crippen molar-refractivity contribution in [2.75, 3.05) is 44.7 Å². The Balaban J connectivity index is 2.07. The first kappa shape index (κ1) is 16.7. The SMILES string of the molecule is C#CCCN1CCN(c2ccc(S(=O)(=O)NC)cc2F)CC1. The highest BCUT2D eigenvalue weighted by Gasteiger charge is 2.21. The minimum absolute atomic E-state index is 0.0658. The van der Waals surface area contributed by atoms with Gasteiger partial charge in [-0.25, -0.2) is 17.5 Å².